The van der Waals surface area contributed by atoms with Crippen LogP contribution in [0, 0.1) is 5.82 Å². The molecular weight excluding hydrogens is 1800 g/mol. The van der Waals surface area contributed by atoms with E-state index in [1.54, 1.807) is 71.8 Å². The second-order valence-corrected chi connectivity index (χ2v) is 33.6. The number of aliphatic hydroxyl groups is 2. The van der Waals surface area contributed by atoms with Gasteiger partial charge in [0.05, 0.1) is 25.3 Å². The number of likely N-dealkylation sites (N-methyl/N-ethyl adjacent to an activating group) is 4. The van der Waals surface area contributed by atoms with Crippen LogP contribution >= 0.6 is 0 Å². The summed E-state index contributed by atoms with van der Waals surface area (Å²) in [4.78, 5) is 240. The second-order valence-electron chi connectivity index (χ2n) is 33.6. The molecule has 2 aromatic heterocycles. The number of fused-ring (bicyclic) bond motifs is 2. The third-order valence-electron chi connectivity index (χ3n) is 23.6. The molecule has 0 bridgehead atoms. The molecule has 12 atom stereocenters. The standard InChI is InChI=1S/C90H118FN19O20.C2HF3O2/c1-52(112)78-89(129)108(6)75(88(128)107(5)74(43-56-22-27-59(91)28-23-56)85(125)99-67(79(93)119)20-12-14-37-95-90(130)110-40-38-109(39-41-110)50-77(117)118)49-98-76(116)35-32-64(92)80(120)100-68(42-55-24-29-60(114)30-25-55)81(121)103-71(51-111)86(126)106(4)73(34-26-54-16-8-7-9-17-54)87(127)105(3)72(21-13-15-36-94-53(2)113)84(124)102-69(45-58-48-97-66-33-31-61(115)46-63(58)66)82(122)101-70(83(123)104-78)44-57-47-96-65-19-11-10-18-62(57)65;3-2(4,5)1(6)7/h7-11,16-19,22-25,27-31,33,46-48,52,64,67-75,78,96-97,111-112,114-115H,12-15,20-21,26,32,34-45,49-51,92H2,1-6H3,(H2,93,119)(H,94,113)(H,95,130)(H,98,116)(H,99,125)(H,100,120)(H,101,122)(H,102,124)(H,103,121)(H,104,123)(H,117,118);(H,6,7)/t52-,64-,67-,68-,69-,70-,71-,72-,73-,74-,75-,78-;/m0./s1. The van der Waals surface area contributed by atoms with Crippen molar-refractivity contribution in [1.82, 2.24) is 87.2 Å². The van der Waals surface area contributed by atoms with Gasteiger partial charge < -0.3 is 124 Å². The summed E-state index contributed by atoms with van der Waals surface area (Å²) in [6.07, 6.45) is -6.00. The average molecular weight is 1920 g/mol. The van der Waals surface area contributed by atoms with Gasteiger partial charge >= 0.3 is 24.1 Å². The normalized spacial score (nSPS) is 20.6. The zero-order valence-corrected chi connectivity index (χ0v) is 76.5. The second kappa shape index (κ2) is 51.4. The van der Waals surface area contributed by atoms with Crippen molar-refractivity contribution in [3.8, 4) is 11.5 Å². The summed E-state index contributed by atoms with van der Waals surface area (Å²) in [6, 6.07) is 11.2. The zero-order chi connectivity index (χ0) is 101. The fourth-order valence-corrected chi connectivity index (χ4v) is 15.7. The number of aliphatic carboxylic acids is 2. The monoisotopic (exact) mass is 1920 g/mol. The molecule has 137 heavy (non-hydrogen) atoms. The number of carboxylic acid groups (broad SMARTS) is 2. The van der Waals surface area contributed by atoms with Gasteiger partial charge in [-0.25, -0.2) is 14.0 Å². The topological polar surface area (TPSA) is 606 Å². The molecule has 2 aliphatic heterocycles. The number of aromatic nitrogens is 2. The Balaban J connectivity index is 0.00000316. The van der Waals surface area contributed by atoms with Crippen molar-refractivity contribution in [1.29, 1.82) is 0 Å². The average Bonchev–Trinajstić information content (AvgIpc) is 1.78. The van der Waals surface area contributed by atoms with E-state index in [2.05, 4.69) is 57.8 Å². The van der Waals surface area contributed by atoms with Crippen molar-refractivity contribution >= 4 is 117 Å². The SMILES string of the molecule is CC(=O)NCCCC[C@H]1C(=O)N[C@@H](Cc2c[nH]c3ccc(O)cc23)C(=O)N[C@@H](Cc2c[nH]c3ccccc23)C(=O)N[C@@H]([C@H](C)O)C(=O)N(C)[C@H](C(=O)N(C)[C@@H](Cc2ccc(F)cc2)C(=O)N[C@@H](CCCCNC(=O)N2CCN(CC(=O)O)CC2)C(N)=O)CNC(=O)CC[C@H](N)C(=O)N[C@@H](Cc2ccc(O)cc2)C(=O)N[C@@H](CO)C(=O)N(C)[C@@H](CCc2ccccc2)C(=O)N1C.O=C(O)C(F)(F)F. The Kier molecular flexibility index (Phi) is 40.5. The number of carbonyl (C=O) groups excluding carboxylic acids is 14. The third kappa shape index (κ3) is 32.2. The Morgan fingerprint density at radius 1 is 0.599 bits per heavy atom. The molecule has 0 spiro atoms. The number of nitrogens with zero attached hydrogens (tertiary/aromatic N) is 6. The molecule has 5 aromatic carbocycles. The van der Waals surface area contributed by atoms with Crippen molar-refractivity contribution in [3.05, 3.63) is 167 Å². The Morgan fingerprint density at radius 3 is 1.75 bits per heavy atom. The smallest absolute Gasteiger partial charge is 0.490 e. The quantitative estimate of drug-likeness (QED) is 0.0207. The molecule has 0 saturated carbocycles. The van der Waals surface area contributed by atoms with Crippen LogP contribution in [0.2, 0.25) is 0 Å². The number of halogens is 4. The first-order chi connectivity index (χ1) is 64.9. The predicted molar refractivity (Wildman–Crippen MR) is 487 cm³/mol. The highest BCUT2D eigenvalue weighted by atomic mass is 19.4. The fraction of sp³-hybridized carbons (Fsp3) is 0.457. The van der Waals surface area contributed by atoms with E-state index in [9.17, 15) is 76.7 Å². The van der Waals surface area contributed by atoms with Gasteiger partial charge in [-0.05, 0) is 141 Å². The van der Waals surface area contributed by atoms with Crippen LogP contribution in [-0.4, -0.2) is 331 Å². The number of piperazine rings is 1. The highest BCUT2D eigenvalue weighted by molar-refractivity contribution is 6.01. The predicted octanol–water partition coefficient (Wildman–Crippen LogP) is -0.0628. The Hall–Kier alpha value is -14.3. The van der Waals surface area contributed by atoms with Crippen LogP contribution in [-0.2, 0) is 104 Å². The summed E-state index contributed by atoms with van der Waals surface area (Å²) in [5.74, 6) is -17.6. The number of aromatic hydroxyl groups is 2. The van der Waals surface area contributed by atoms with Crippen molar-refractivity contribution in [2.45, 2.75) is 182 Å². The maximum Gasteiger partial charge on any atom is 0.490 e. The summed E-state index contributed by atoms with van der Waals surface area (Å²) < 4.78 is 46.4. The minimum atomic E-state index is -5.08. The highest BCUT2D eigenvalue weighted by Crippen LogP contribution is 2.28. The number of urea groups is 1. The molecule has 2 fully saturated rings. The van der Waals surface area contributed by atoms with E-state index in [0.717, 1.165) is 52.8 Å². The lowest BCUT2D eigenvalue weighted by Gasteiger charge is -2.37. The first-order valence-electron chi connectivity index (χ1n) is 44.3. The van der Waals surface area contributed by atoms with E-state index in [4.69, 9.17) is 21.4 Å². The molecule has 45 heteroatoms. The summed E-state index contributed by atoms with van der Waals surface area (Å²) in [6.45, 7) is 1.76. The molecule has 0 unspecified atom stereocenters. The number of alkyl halides is 3. The summed E-state index contributed by atoms with van der Waals surface area (Å²) in [5, 5.41) is 85.4. The first kappa shape index (κ1) is 108. The molecule has 2 saturated heterocycles. The Morgan fingerprint density at radius 2 is 1.15 bits per heavy atom. The Bertz CT molecular complexity index is 5370. The van der Waals surface area contributed by atoms with Gasteiger partial charge in [0, 0.05) is 147 Å². The lowest BCUT2D eigenvalue weighted by molar-refractivity contribution is -0.192. The number of primary amides is 1. The highest BCUT2D eigenvalue weighted by Gasteiger charge is 2.44. The minimum Gasteiger partial charge on any atom is -0.508 e. The number of carbonyl (C=O) groups is 16. The van der Waals surface area contributed by atoms with Crippen LogP contribution in [0.5, 0.6) is 11.5 Å². The van der Waals surface area contributed by atoms with Gasteiger partial charge in [-0.1, -0.05) is 72.8 Å². The minimum absolute atomic E-state index is 0.0982. The number of H-pyrrole nitrogens is 2. The summed E-state index contributed by atoms with van der Waals surface area (Å²) >= 11 is 0. The van der Waals surface area contributed by atoms with Crippen molar-refractivity contribution < 1.29 is 125 Å². The van der Waals surface area contributed by atoms with Crippen LogP contribution in [0.1, 0.15) is 99.5 Å². The van der Waals surface area contributed by atoms with E-state index in [1.165, 1.54) is 80.6 Å². The molecule has 7 aromatic rings. The van der Waals surface area contributed by atoms with Crippen molar-refractivity contribution in [2.24, 2.45) is 11.5 Å². The number of nitrogens with two attached hydrogens (primary N) is 2. The van der Waals surface area contributed by atoms with E-state index >= 15 is 38.4 Å². The number of carboxylic acids is 2. The number of aliphatic hydroxyl groups excluding tert-OH is 2. The lowest BCUT2D eigenvalue weighted by Crippen LogP contribution is -2.64. The lowest BCUT2D eigenvalue weighted by atomic mass is 9.99. The van der Waals surface area contributed by atoms with Gasteiger partial charge in [0.1, 0.15) is 77.7 Å². The van der Waals surface area contributed by atoms with E-state index in [0.29, 0.717) is 57.1 Å². The number of hydrogen-bond donors (Lipinski definition) is 19. The molecule has 15 amide bonds. The van der Waals surface area contributed by atoms with Crippen LogP contribution in [0.3, 0.4) is 0 Å². The van der Waals surface area contributed by atoms with Gasteiger partial charge in [0.25, 0.3) is 0 Å². The van der Waals surface area contributed by atoms with Crippen LogP contribution in [0.15, 0.2) is 134 Å². The van der Waals surface area contributed by atoms with Gasteiger partial charge in [-0.2, -0.15) is 13.2 Å². The van der Waals surface area contributed by atoms with Crippen molar-refractivity contribution in [3.63, 3.8) is 0 Å². The van der Waals surface area contributed by atoms with Gasteiger partial charge in [-0.3, -0.25) is 72.0 Å². The number of rotatable bonds is 30. The maximum atomic E-state index is 15.9. The summed E-state index contributed by atoms with van der Waals surface area (Å²) in [5.41, 5.74) is 15.6. The number of benzene rings is 5. The molecule has 742 valence electrons. The molecular formula is C92H119F4N19O22. The zero-order valence-electron chi connectivity index (χ0n) is 76.5. The number of aryl methyl sites for hydroxylation is 1. The van der Waals surface area contributed by atoms with E-state index in [-0.39, 0.29) is 120 Å². The van der Waals surface area contributed by atoms with Crippen molar-refractivity contribution in [2.75, 3.05) is 87.2 Å². The Labute approximate surface area is 785 Å². The number of hydrogen-bond acceptors (Lipinski definition) is 22. The van der Waals surface area contributed by atoms with Gasteiger partial charge in [-0.15, -0.1) is 0 Å². The molecule has 4 heterocycles. The number of aromatic amines is 2. The molecule has 0 radical (unpaired) electrons. The van der Waals surface area contributed by atoms with Crippen LogP contribution < -0.4 is 59.3 Å². The van der Waals surface area contributed by atoms with Crippen LogP contribution in [0.4, 0.5) is 22.4 Å². The molecule has 41 nitrogen and oxygen atoms in total. The van der Waals surface area contributed by atoms with Gasteiger partial charge in [0.2, 0.25) is 76.8 Å². The fourth-order valence-electron chi connectivity index (χ4n) is 15.7. The number of nitrogens with one attached hydrogen (secondary N) is 11. The molecule has 9 rings (SSSR count). The van der Waals surface area contributed by atoms with Crippen LogP contribution in [0.25, 0.3) is 21.8 Å². The number of unbranched alkanes of at least 4 members (excludes halogenated alkanes) is 2. The molecule has 0 aliphatic carbocycles. The molecule has 21 N–H and O–H groups in total. The number of para-hydroxylation sites is 1. The largest absolute Gasteiger partial charge is 0.508 e. The maximum absolute atomic E-state index is 15.9. The van der Waals surface area contributed by atoms with E-state index < -0.39 is 212 Å². The number of phenols is 2. The first-order valence-corrected chi connectivity index (χ1v) is 44.3. The number of amides is 15. The molecule has 2 aliphatic rings. The van der Waals surface area contributed by atoms with Gasteiger partial charge in [0.15, 0.2) is 0 Å². The summed E-state index contributed by atoms with van der Waals surface area (Å²) in [7, 11) is 4.79. The van der Waals surface area contributed by atoms with E-state index in [1.807, 2.05) is 0 Å². The number of phenolic OH excluding ortho intramolecular Hbond substituents is 2. The third-order valence-corrected chi connectivity index (χ3v) is 23.6.